The van der Waals surface area contributed by atoms with Gasteiger partial charge < -0.3 is 10.6 Å². The lowest BCUT2D eigenvalue weighted by molar-refractivity contribution is -0.121. The molecule has 154 valence electrons. The fourth-order valence-corrected chi connectivity index (χ4v) is 2.68. The van der Waals surface area contributed by atoms with Crippen molar-refractivity contribution < 1.29 is 9.59 Å². The smallest absolute Gasteiger partial charge is 0.251 e. The Morgan fingerprint density at radius 2 is 1.52 bits per heavy atom. The fourth-order valence-electron chi connectivity index (χ4n) is 2.68. The third-order valence-electron chi connectivity index (χ3n) is 4.08. The van der Waals surface area contributed by atoms with Gasteiger partial charge in [-0.2, -0.15) is 0 Å². The number of unbranched alkanes of at least 4 members (excludes halogenated alkanes) is 3. The molecule has 0 unspecified atom stereocenters. The number of nitrogens with one attached hydrogen (secondary N) is 2. The molecule has 27 heavy (non-hydrogen) atoms. The highest BCUT2D eigenvalue weighted by molar-refractivity contribution is 5.94. The minimum atomic E-state index is -0.0537. The Balaban J connectivity index is 0.00000326. The molecule has 1 aromatic rings. The van der Waals surface area contributed by atoms with Crippen LogP contribution in [0, 0.1) is 5.92 Å². The fraction of sp³-hybridized carbons (Fsp3) is 0.652. The second-order valence-electron chi connectivity index (χ2n) is 7.06. The molecule has 0 aliphatic rings. The molecule has 2 N–H and O–H groups in total. The van der Waals surface area contributed by atoms with E-state index >= 15 is 0 Å². The number of rotatable bonds is 12. The molecule has 0 atom stereocenters. The summed E-state index contributed by atoms with van der Waals surface area (Å²) in [7, 11) is 0. The average Bonchev–Trinajstić information content (AvgIpc) is 2.66. The van der Waals surface area contributed by atoms with Crippen molar-refractivity contribution in [1.29, 1.82) is 0 Å². The third-order valence-corrected chi connectivity index (χ3v) is 4.08. The lowest BCUT2D eigenvalue weighted by Crippen LogP contribution is -2.29. The molecule has 0 bridgehead atoms. The van der Waals surface area contributed by atoms with Crippen molar-refractivity contribution >= 4 is 11.8 Å². The van der Waals surface area contributed by atoms with E-state index in [1.807, 2.05) is 38.1 Å². The van der Waals surface area contributed by atoms with Crippen LogP contribution in [-0.2, 0) is 11.2 Å². The summed E-state index contributed by atoms with van der Waals surface area (Å²) in [6, 6.07) is 7.80. The van der Waals surface area contributed by atoms with Gasteiger partial charge in [-0.05, 0) is 42.9 Å². The number of benzene rings is 1. The molecule has 0 heterocycles. The molecule has 0 saturated carbocycles. The van der Waals surface area contributed by atoms with Gasteiger partial charge in [-0.25, -0.2) is 0 Å². The summed E-state index contributed by atoms with van der Waals surface area (Å²) in [5.41, 5.74) is 1.95. The zero-order valence-corrected chi connectivity index (χ0v) is 18.1. The maximum absolute atomic E-state index is 12.1. The molecule has 1 aromatic carbocycles. The van der Waals surface area contributed by atoms with Crippen LogP contribution in [0.2, 0.25) is 0 Å². The Labute approximate surface area is 166 Å². The van der Waals surface area contributed by atoms with E-state index in [0.717, 1.165) is 25.7 Å². The Kier molecular flexibility index (Phi) is 15.2. The van der Waals surface area contributed by atoms with Gasteiger partial charge in [0.15, 0.2) is 0 Å². The van der Waals surface area contributed by atoms with Crippen molar-refractivity contribution in [2.45, 2.75) is 79.6 Å². The Bertz CT molecular complexity index is 510. The van der Waals surface area contributed by atoms with Gasteiger partial charge in [0, 0.05) is 25.1 Å². The molecule has 4 heteroatoms. The molecule has 2 amide bonds. The Morgan fingerprint density at radius 1 is 0.889 bits per heavy atom. The van der Waals surface area contributed by atoms with Crippen molar-refractivity contribution in [1.82, 2.24) is 10.6 Å². The van der Waals surface area contributed by atoms with E-state index in [-0.39, 0.29) is 11.8 Å². The molecular weight excluding hydrogens is 336 g/mol. The number of hydrogen-bond donors (Lipinski definition) is 2. The molecule has 1 rings (SSSR count). The number of amides is 2. The van der Waals surface area contributed by atoms with E-state index in [4.69, 9.17) is 0 Å². The standard InChI is InChI=1S/C21H34N2O2.C2H6/c1-4-5-6-7-9-20(24)22-14-8-15-23-21(25)19-12-10-18(11-13-19)16-17(2)3;1-2/h10-13,17H,4-9,14-16H2,1-3H3,(H,22,24)(H,23,25);1-2H3. The van der Waals surface area contributed by atoms with Gasteiger partial charge in [-0.1, -0.05) is 66.0 Å². The van der Waals surface area contributed by atoms with Crippen LogP contribution in [0.3, 0.4) is 0 Å². The van der Waals surface area contributed by atoms with Crippen LogP contribution in [0.5, 0.6) is 0 Å². The normalized spacial score (nSPS) is 10.1. The van der Waals surface area contributed by atoms with Gasteiger partial charge >= 0.3 is 0 Å². The van der Waals surface area contributed by atoms with E-state index in [0.29, 0.717) is 31.0 Å². The predicted octanol–water partition coefficient (Wildman–Crippen LogP) is 5.12. The topological polar surface area (TPSA) is 58.2 Å². The van der Waals surface area contributed by atoms with Crippen LogP contribution in [-0.4, -0.2) is 24.9 Å². The van der Waals surface area contributed by atoms with Crippen LogP contribution in [0.25, 0.3) is 0 Å². The van der Waals surface area contributed by atoms with E-state index in [2.05, 4.69) is 31.4 Å². The first-order valence-corrected chi connectivity index (χ1v) is 10.7. The first-order valence-electron chi connectivity index (χ1n) is 10.7. The van der Waals surface area contributed by atoms with Gasteiger partial charge in [0.1, 0.15) is 0 Å². The summed E-state index contributed by atoms with van der Waals surface area (Å²) in [5.74, 6) is 0.673. The summed E-state index contributed by atoms with van der Waals surface area (Å²) < 4.78 is 0. The quantitative estimate of drug-likeness (QED) is 0.498. The van der Waals surface area contributed by atoms with Gasteiger partial charge in [0.25, 0.3) is 5.91 Å². The molecule has 0 saturated heterocycles. The summed E-state index contributed by atoms with van der Waals surface area (Å²) in [4.78, 5) is 23.7. The monoisotopic (exact) mass is 376 g/mol. The molecule has 0 spiro atoms. The van der Waals surface area contributed by atoms with Crippen molar-refractivity contribution in [3.8, 4) is 0 Å². The maximum atomic E-state index is 12.1. The summed E-state index contributed by atoms with van der Waals surface area (Å²) >= 11 is 0. The van der Waals surface area contributed by atoms with Crippen LogP contribution in [0.1, 0.15) is 89.1 Å². The minimum absolute atomic E-state index is 0.0537. The molecular formula is C23H40N2O2. The molecule has 0 aliphatic heterocycles. The van der Waals surface area contributed by atoms with Gasteiger partial charge in [-0.15, -0.1) is 0 Å². The average molecular weight is 377 g/mol. The van der Waals surface area contributed by atoms with Crippen molar-refractivity contribution in [2.24, 2.45) is 5.92 Å². The van der Waals surface area contributed by atoms with Crippen molar-refractivity contribution in [3.63, 3.8) is 0 Å². The minimum Gasteiger partial charge on any atom is -0.356 e. The predicted molar refractivity (Wildman–Crippen MR) is 115 cm³/mol. The van der Waals surface area contributed by atoms with Crippen LogP contribution >= 0.6 is 0 Å². The first-order chi connectivity index (χ1) is 13.0. The highest BCUT2D eigenvalue weighted by atomic mass is 16.2. The van der Waals surface area contributed by atoms with E-state index in [1.165, 1.54) is 18.4 Å². The lowest BCUT2D eigenvalue weighted by Gasteiger charge is -2.08. The Morgan fingerprint density at radius 3 is 2.11 bits per heavy atom. The van der Waals surface area contributed by atoms with Gasteiger partial charge in [-0.3, -0.25) is 9.59 Å². The molecule has 0 aliphatic carbocycles. The molecule has 0 aromatic heterocycles. The van der Waals surface area contributed by atoms with Crippen molar-refractivity contribution in [3.05, 3.63) is 35.4 Å². The molecule has 0 fully saturated rings. The van der Waals surface area contributed by atoms with Gasteiger partial charge in [0.05, 0.1) is 0 Å². The van der Waals surface area contributed by atoms with Crippen LogP contribution in [0.4, 0.5) is 0 Å². The first kappa shape index (κ1) is 25.2. The number of hydrogen-bond acceptors (Lipinski definition) is 2. The number of carbonyl (C=O) groups excluding carboxylic acids is 2. The van der Waals surface area contributed by atoms with Crippen molar-refractivity contribution in [2.75, 3.05) is 13.1 Å². The zero-order chi connectivity index (χ0) is 20.5. The van der Waals surface area contributed by atoms with Crippen LogP contribution in [0.15, 0.2) is 24.3 Å². The highest BCUT2D eigenvalue weighted by Crippen LogP contribution is 2.09. The maximum Gasteiger partial charge on any atom is 0.251 e. The summed E-state index contributed by atoms with van der Waals surface area (Å²) in [6.07, 6.45) is 6.84. The second-order valence-corrected chi connectivity index (χ2v) is 7.06. The van der Waals surface area contributed by atoms with Crippen LogP contribution < -0.4 is 10.6 Å². The number of carbonyl (C=O) groups is 2. The molecule has 4 nitrogen and oxygen atoms in total. The summed E-state index contributed by atoms with van der Waals surface area (Å²) in [5, 5.41) is 5.81. The summed E-state index contributed by atoms with van der Waals surface area (Å²) in [6.45, 7) is 11.7. The zero-order valence-electron chi connectivity index (χ0n) is 18.1. The van der Waals surface area contributed by atoms with E-state index in [9.17, 15) is 9.59 Å². The lowest BCUT2D eigenvalue weighted by atomic mass is 10.0. The second kappa shape index (κ2) is 16.3. The largest absolute Gasteiger partial charge is 0.356 e. The van der Waals surface area contributed by atoms with Gasteiger partial charge in [0.2, 0.25) is 5.91 Å². The third kappa shape index (κ3) is 13.0. The van der Waals surface area contributed by atoms with E-state index < -0.39 is 0 Å². The SMILES string of the molecule is CC.CCCCCCC(=O)NCCCNC(=O)c1ccc(CC(C)C)cc1. The van der Waals surface area contributed by atoms with E-state index in [1.54, 1.807) is 0 Å². The highest BCUT2D eigenvalue weighted by Gasteiger charge is 2.06. The Hall–Kier alpha value is -1.84. The molecule has 0 radical (unpaired) electrons.